The van der Waals surface area contributed by atoms with Crippen molar-refractivity contribution in [2.45, 2.75) is 4.90 Å². The van der Waals surface area contributed by atoms with Gasteiger partial charge in [0.25, 0.3) is 16.0 Å². The SMILES string of the molecule is CNc1cccc(S(=O)(=O)Nc2nccnn2)c1[N+](=O)[O-]. The van der Waals surface area contributed by atoms with E-state index in [1.54, 1.807) is 0 Å². The van der Waals surface area contributed by atoms with Crippen LogP contribution in [0.3, 0.4) is 0 Å². The molecule has 0 bridgehead atoms. The van der Waals surface area contributed by atoms with Crippen molar-refractivity contribution in [3.05, 3.63) is 40.7 Å². The second kappa shape index (κ2) is 5.66. The Morgan fingerprint density at radius 1 is 1.29 bits per heavy atom. The van der Waals surface area contributed by atoms with Crippen LogP contribution in [0.2, 0.25) is 0 Å². The smallest absolute Gasteiger partial charge is 0.312 e. The monoisotopic (exact) mass is 310 g/mol. The third kappa shape index (κ3) is 3.02. The second-order valence-corrected chi connectivity index (χ2v) is 5.38. The summed E-state index contributed by atoms with van der Waals surface area (Å²) in [6, 6.07) is 3.91. The first kappa shape index (κ1) is 14.6. The van der Waals surface area contributed by atoms with Gasteiger partial charge in [-0.05, 0) is 12.1 Å². The maximum Gasteiger partial charge on any atom is 0.312 e. The first-order valence-electron chi connectivity index (χ1n) is 5.57. The highest BCUT2D eigenvalue weighted by atomic mass is 32.2. The van der Waals surface area contributed by atoms with Crippen molar-refractivity contribution in [3.63, 3.8) is 0 Å². The molecular formula is C10H10N6O4S. The Bertz CT molecular complexity index is 764. The Hall–Kier alpha value is -2.82. The Morgan fingerprint density at radius 3 is 2.62 bits per heavy atom. The molecule has 0 saturated carbocycles. The highest BCUT2D eigenvalue weighted by Crippen LogP contribution is 2.32. The standard InChI is InChI=1S/C10H10N6O4S/c1-11-7-3-2-4-8(9(7)16(17)18)21(19,20)15-10-12-5-6-13-14-10/h2-6,11H,1H3,(H,12,14,15). The summed E-state index contributed by atoms with van der Waals surface area (Å²) >= 11 is 0. The van der Waals surface area contributed by atoms with E-state index in [-0.39, 0.29) is 11.6 Å². The normalized spacial score (nSPS) is 10.9. The summed E-state index contributed by atoms with van der Waals surface area (Å²) in [6.07, 6.45) is 2.51. The lowest BCUT2D eigenvalue weighted by molar-refractivity contribution is -0.386. The molecule has 0 atom stereocenters. The number of aromatic nitrogens is 3. The Labute approximate surface area is 119 Å². The van der Waals surface area contributed by atoms with Crippen LogP contribution in [0.1, 0.15) is 0 Å². The summed E-state index contributed by atoms with van der Waals surface area (Å²) in [6.45, 7) is 0. The lowest BCUT2D eigenvalue weighted by Gasteiger charge is -2.09. The van der Waals surface area contributed by atoms with Gasteiger partial charge in [-0.25, -0.2) is 18.1 Å². The Balaban J connectivity index is 2.52. The molecule has 21 heavy (non-hydrogen) atoms. The van der Waals surface area contributed by atoms with Crippen LogP contribution in [0, 0.1) is 10.1 Å². The fraction of sp³-hybridized carbons (Fsp3) is 0.100. The van der Waals surface area contributed by atoms with Crippen molar-refractivity contribution in [1.82, 2.24) is 15.2 Å². The lowest BCUT2D eigenvalue weighted by atomic mass is 10.3. The molecule has 0 aliphatic rings. The maximum atomic E-state index is 12.2. The average Bonchev–Trinajstić information content (AvgIpc) is 2.46. The predicted octanol–water partition coefficient (Wildman–Crippen LogP) is 0.622. The number of nitrogens with zero attached hydrogens (tertiary/aromatic N) is 4. The van der Waals surface area contributed by atoms with E-state index in [4.69, 9.17) is 0 Å². The van der Waals surface area contributed by atoms with Gasteiger partial charge in [0.15, 0.2) is 4.90 Å². The van der Waals surface area contributed by atoms with Crippen LogP contribution in [0.5, 0.6) is 0 Å². The minimum atomic E-state index is -4.22. The molecule has 10 nitrogen and oxygen atoms in total. The van der Waals surface area contributed by atoms with Gasteiger partial charge in [-0.15, -0.1) is 5.10 Å². The highest BCUT2D eigenvalue weighted by Gasteiger charge is 2.29. The van der Waals surface area contributed by atoms with Gasteiger partial charge >= 0.3 is 5.69 Å². The van der Waals surface area contributed by atoms with Crippen molar-refractivity contribution in [3.8, 4) is 0 Å². The van der Waals surface area contributed by atoms with Gasteiger partial charge in [-0.1, -0.05) is 6.07 Å². The molecule has 0 saturated heterocycles. The van der Waals surface area contributed by atoms with Crippen LogP contribution in [-0.4, -0.2) is 35.6 Å². The molecule has 110 valence electrons. The Kier molecular flexibility index (Phi) is 3.93. The number of hydrogen-bond donors (Lipinski definition) is 2. The molecule has 2 aromatic rings. The van der Waals surface area contributed by atoms with E-state index in [0.29, 0.717) is 0 Å². The molecule has 11 heteroatoms. The largest absolute Gasteiger partial charge is 0.383 e. The van der Waals surface area contributed by atoms with Crippen LogP contribution in [0.4, 0.5) is 17.3 Å². The number of anilines is 2. The summed E-state index contributed by atoms with van der Waals surface area (Å²) in [4.78, 5) is 13.5. The lowest BCUT2D eigenvalue weighted by Crippen LogP contribution is -2.17. The zero-order valence-corrected chi connectivity index (χ0v) is 11.5. The van der Waals surface area contributed by atoms with Crippen molar-refractivity contribution < 1.29 is 13.3 Å². The minimum Gasteiger partial charge on any atom is -0.383 e. The second-order valence-electron chi connectivity index (χ2n) is 3.73. The van der Waals surface area contributed by atoms with Gasteiger partial charge in [0, 0.05) is 7.05 Å². The molecule has 0 fully saturated rings. The van der Waals surface area contributed by atoms with Gasteiger partial charge < -0.3 is 5.32 Å². The molecule has 1 heterocycles. The topological polar surface area (TPSA) is 140 Å². The molecule has 1 aromatic heterocycles. The molecule has 0 amide bonds. The Morgan fingerprint density at radius 2 is 2.05 bits per heavy atom. The zero-order valence-electron chi connectivity index (χ0n) is 10.7. The van der Waals surface area contributed by atoms with Gasteiger partial charge in [-0.2, -0.15) is 5.10 Å². The molecule has 0 radical (unpaired) electrons. The average molecular weight is 310 g/mol. The molecule has 0 unspecified atom stereocenters. The van der Waals surface area contributed by atoms with E-state index in [9.17, 15) is 18.5 Å². The molecule has 0 aliphatic carbocycles. The summed E-state index contributed by atoms with van der Waals surface area (Å²) in [5.74, 6) is -0.276. The van der Waals surface area contributed by atoms with Gasteiger partial charge in [0.2, 0.25) is 0 Å². The minimum absolute atomic E-state index is 0.0787. The third-order valence-corrected chi connectivity index (χ3v) is 3.81. The number of rotatable bonds is 5. The first-order chi connectivity index (χ1) is 9.95. The number of nitrogens with one attached hydrogen (secondary N) is 2. The van der Waals surface area contributed by atoms with E-state index in [1.165, 1.54) is 31.6 Å². The van der Waals surface area contributed by atoms with Crippen LogP contribution in [0.15, 0.2) is 35.5 Å². The van der Waals surface area contributed by atoms with E-state index in [0.717, 1.165) is 6.07 Å². The quantitative estimate of drug-likeness (QED) is 0.605. The van der Waals surface area contributed by atoms with Crippen LogP contribution in [-0.2, 0) is 10.0 Å². The summed E-state index contributed by atoms with van der Waals surface area (Å²) in [5.41, 5.74) is -0.480. The van der Waals surface area contributed by atoms with Crippen molar-refractivity contribution in [1.29, 1.82) is 0 Å². The van der Waals surface area contributed by atoms with E-state index >= 15 is 0 Å². The molecule has 0 aliphatic heterocycles. The van der Waals surface area contributed by atoms with E-state index in [1.807, 2.05) is 4.72 Å². The zero-order chi connectivity index (χ0) is 15.5. The number of benzene rings is 1. The number of nitro benzene ring substituents is 1. The van der Waals surface area contributed by atoms with E-state index in [2.05, 4.69) is 20.5 Å². The molecule has 2 rings (SSSR count). The third-order valence-electron chi connectivity index (χ3n) is 2.45. The number of para-hydroxylation sites is 1. The maximum absolute atomic E-state index is 12.2. The van der Waals surface area contributed by atoms with Crippen LogP contribution < -0.4 is 10.0 Å². The molecule has 0 spiro atoms. The highest BCUT2D eigenvalue weighted by molar-refractivity contribution is 7.92. The van der Waals surface area contributed by atoms with Gasteiger partial charge in [0.1, 0.15) is 5.69 Å². The first-order valence-corrected chi connectivity index (χ1v) is 7.05. The summed E-state index contributed by atoms with van der Waals surface area (Å²) in [5, 5.41) is 20.6. The number of sulfonamides is 1. The van der Waals surface area contributed by atoms with Crippen molar-refractivity contribution in [2.24, 2.45) is 0 Å². The van der Waals surface area contributed by atoms with Crippen LogP contribution >= 0.6 is 0 Å². The molecule has 2 N–H and O–H groups in total. The van der Waals surface area contributed by atoms with Gasteiger partial charge in [0.05, 0.1) is 17.3 Å². The fourth-order valence-corrected chi connectivity index (χ4v) is 2.74. The number of nitro groups is 1. The molecular weight excluding hydrogens is 300 g/mol. The van der Waals surface area contributed by atoms with Crippen molar-refractivity contribution >= 4 is 27.3 Å². The fourth-order valence-electron chi connectivity index (χ4n) is 1.60. The van der Waals surface area contributed by atoms with Gasteiger partial charge in [-0.3, -0.25) is 10.1 Å². The number of hydrogen-bond acceptors (Lipinski definition) is 8. The van der Waals surface area contributed by atoms with Crippen LogP contribution in [0.25, 0.3) is 0 Å². The summed E-state index contributed by atoms with van der Waals surface area (Å²) < 4.78 is 26.5. The van der Waals surface area contributed by atoms with E-state index < -0.39 is 25.5 Å². The summed E-state index contributed by atoms with van der Waals surface area (Å²) in [7, 11) is -2.76. The predicted molar refractivity (Wildman–Crippen MR) is 73.3 cm³/mol. The molecule has 1 aromatic carbocycles. The van der Waals surface area contributed by atoms with Crippen molar-refractivity contribution in [2.75, 3.05) is 17.1 Å².